The summed E-state index contributed by atoms with van der Waals surface area (Å²) >= 11 is 0. The normalized spacial score (nSPS) is 12.7. The summed E-state index contributed by atoms with van der Waals surface area (Å²) in [4.78, 5) is 0. The van der Waals surface area contributed by atoms with Crippen LogP contribution in [0.15, 0.2) is 285 Å². The highest BCUT2D eigenvalue weighted by molar-refractivity contribution is 6.16. The van der Waals surface area contributed by atoms with Gasteiger partial charge in [-0.15, -0.1) is 0 Å². The molecule has 1 aliphatic carbocycles. The summed E-state index contributed by atoms with van der Waals surface area (Å²) in [5.74, 6) is 0. The minimum Gasteiger partial charge on any atom is -0.309 e. The number of nitrogens with zero attached hydrogens (tertiary/aromatic N) is 1. The van der Waals surface area contributed by atoms with Crippen LogP contribution < -0.4 is 0 Å². The molecule has 0 atom stereocenters. The second kappa shape index (κ2) is 18.0. The van der Waals surface area contributed by atoms with E-state index in [1.54, 1.807) is 0 Å². The van der Waals surface area contributed by atoms with Crippen molar-refractivity contribution in [3.63, 3.8) is 0 Å². The Morgan fingerprint density at radius 3 is 1.07 bits per heavy atom. The Morgan fingerprint density at radius 1 is 0.225 bits per heavy atom. The van der Waals surface area contributed by atoms with Crippen molar-refractivity contribution in [2.75, 3.05) is 0 Å². The Labute approximate surface area is 465 Å². The molecule has 0 unspecified atom stereocenters. The van der Waals surface area contributed by atoms with Crippen LogP contribution in [0.1, 0.15) is 25.0 Å². The van der Waals surface area contributed by atoms with Crippen LogP contribution in [-0.4, -0.2) is 4.57 Å². The van der Waals surface area contributed by atoms with Gasteiger partial charge in [-0.05, 0) is 187 Å². The second-order valence-corrected chi connectivity index (χ2v) is 22.4. The SMILES string of the molecule is CC1(C)c2cc(-c3ccc(-c4ccccc4)cc3)ccc2-c2ccc(-n3c4ccc(-c5ccc(-c6cc7ccccc7c7ccccc67)cc5)cc4c4cc(-c5ccc(-c6cc7ccccc7c7ccccc67)cc5)ccc43)cc21. The number of hydrogen-bond acceptors (Lipinski definition) is 0. The van der Waals surface area contributed by atoms with E-state index in [-0.39, 0.29) is 5.41 Å². The molecular weight excluding hydrogens is 963 g/mol. The third-order valence-corrected chi connectivity index (χ3v) is 17.6. The van der Waals surface area contributed by atoms with Gasteiger partial charge >= 0.3 is 0 Å². The second-order valence-electron chi connectivity index (χ2n) is 22.4. The standard InChI is InChI=1S/C79H53N/c1-79(2)75-48-59(54-26-24-51(25-27-54)50-14-4-3-5-15-50)36-40-69(75)70-41-39-62(49-76(70)79)80-77-42-37-57(52-28-32-55(33-29-52)71-46-60-16-6-8-18-63(60)65-20-10-12-22-67(65)71)44-73(77)74-45-58(38-43-78(74)80)53-30-34-56(35-31-53)72-47-61-17-7-9-19-64(61)66-21-11-13-23-68(66)72/h3-49H,1-2H3. The van der Waals surface area contributed by atoms with Crippen molar-refractivity contribution in [3.8, 4) is 83.6 Å². The first-order valence-electron chi connectivity index (χ1n) is 28.0. The van der Waals surface area contributed by atoms with E-state index in [0.29, 0.717) is 0 Å². The molecule has 0 spiro atoms. The van der Waals surface area contributed by atoms with E-state index in [4.69, 9.17) is 0 Å². The molecule has 80 heavy (non-hydrogen) atoms. The fraction of sp³-hybridized carbons (Fsp3) is 0.0380. The van der Waals surface area contributed by atoms with Gasteiger partial charge in [-0.2, -0.15) is 0 Å². The molecule has 1 heteroatoms. The van der Waals surface area contributed by atoms with Crippen molar-refractivity contribution in [2.24, 2.45) is 0 Å². The molecule has 0 saturated carbocycles. The Balaban J connectivity index is 0.802. The lowest BCUT2D eigenvalue weighted by atomic mass is 9.81. The highest BCUT2D eigenvalue weighted by Gasteiger charge is 2.36. The zero-order chi connectivity index (χ0) is 53.1. The highest BCUT2D eigenvalue weighted by Crippen LogP contribution is 2.51. The van der Waals surface area contributed by atoms with E-state index in [1.807, 2.05) is 0 Å². The van der Waals surface area contributed by atoms with Crippen molar-refractivity contribution >= 4 is 64.9 Å². The maximum absolute atomic E-state index is 2.50. The van der Waals surface area contributed by atoms with Crippen molar-refractivity contribution in [1.29, 1.82) is 0 Å². The van der Waals surface area contributed by atoms with E-state index < -0.39 is 0 Å². The first kappa shape index (κ1) is 46.1. The van der Waals surface area contributed by atoms with Gasteiger partial charge in [0, 0.05) is 21.9 Å². The van der Waals surface area contributed by atoms with Gasteiger partial charge in [0.25, 0.3) is 0 Å². The Hall–Kier alpha value is -10.1. The number of aromatic nitrogens is 1. The third kappa shape index (κ3) is 7.31. The smallest absolute Gasteiger partial charge is 0.0541 e. The fourth-order valence-electron chi connectivity index (χ4n) is 13.5. The molecule has 16 rings (SSSR count). The van der Waals surface area contributed by atoms with Gasteiger partial charge in [0.05, 0.1) is 11.0 Å². The third-order valence-electron chi connectivity index (χ3n) is 17.6. The maximum atomic E-state index is 2.50. The fourth-order valence-corrected chi connectivity index (χ4v) is 13.5. The van der Waals surface area contributed by atoms with Crippen molar-refractivity contribution in [1.82, 2.24) is 4.57 Å². The van der Waals surface area contributed by atoms with E-state index in [1.165, 1.54) is 160 Å². The average Bonchev–Trinajstić information content (AvgIpc) is 4.01. The lowest BCUT2D eigenvalue weighted by Crippen LogP contribution is -2.15. The Kier molecular flexibility index (Phi) is 10.4. The van der Waals surface area contributed by atoms with Crippen molar-refractivity contribution in [2.45, 2.75) is 19.3 Å². The van der Waals surface area contributed by atoms with Crippen molar-refractivity contribution < 1.29 is 0 Å². The molecule has 0 aliphatic heterocycles. The lowest BCUT2D eigenvalue weighted by Gasteiger charge is -2.23. The number of rotatable bonds is 7. The van der Waals surface area contributed by atoms with Gasteiger partial charge in [-0.25, -0.2) is 0 Å². The van der Waals surface area contributed by atoms with Gasteiger partial charge in [0.1, 0.15) is 0 Å². The molecule has 0 amide bonds. The summed E-state index contributed by atoms with van der Waals surface area (Å²) in [5, 5.41) is 12.7. The molecular formula is C79H53N. The molecule has 0 N–H and O–H groups in total. The molecule has 15 aromatic rings. The van der Waals surface area contributed by atoms with E-state index in [2.05, 4.69) is 304 Å². The first-order chi connectivity index (χ1) is 39.4. The predicted octanol–water partition coefficient (Wildman–Crippen LogP) is 21.7. The molecule has 1 aliphatic rings. The molecule has 0 fully saturated rings. The molecule has 0 bridgehead atoms. The molecule has 14 aromatic carbocycles. The average molecular weight is 1020 g/mol. The topological polar surface area (TPSA) is 4.93 Å². The van der Waals surface area contributed by atoms with Gasteiger partial charge in [-0.1, -0.05) is 244 Å². The van der Waals surface area contributed by atoms with Crippen LogP contribution in [0, 0.1) is 0 Å². The van der Waals surface area contributed by atoms with Crippen LogP contribution in [0.3, 0.4) is 0 Å². The lowest BCUT2D eigenvalue weighted by molar-refractivity contribution is 0.660. The van der Waals surface area contributed by atoms with E-state index >= 15 is 0 Å². The van der Waals surface area contributed by atoms with Crippen LogP contribution in [0.2, 0.25) is 0 Å². The zero-order valence-electron chi connectivity index (χ0n) is 44.6. The molecule has 1 nitrogen and oxygen atoms in total. The van der Waals surface area contributed by atoms with Gasteiger partial charge < -0.3 is 4.57 Å². The molecule has 1 aromatic heterocycles. The largest absolute Gasteiger partial charge is 0.309 e. The van der Waals surface area contributed by atoms with Gasteiger partial charge in [-0.3, -0.25) is 0 Å². The maximum Gasteiger partial charge on any atom is 0.0541 e. The molecule has 0 saturated heterocycles. The first-order valence-corrected chi connectivity index (χ1v) is 28.0. The number of fused-ring (bicyclic) bond motifs is 12. The van der Waals surface area contributed by atoms with Crippen LogP contribution >= 0.6 is 0 Å². The summed E-state index contributed by atoms with van der Waals surface area (Å²) in [6.45, 7) is 4.80. The highest BCUT2D eigenvalue weighted by atomic mass is 15.0. The quantitative estimate of drug-likeness (QED) is 0.140. The molecule has 0 radical (unpaired) electrons. The predicted molar refractivity (Wildman–Crippen MR) is 341 cm³/mol. The Bertz CT molecular complexity index is 4760. The minimum atomic E-state index is -0.212. The van der Waals surface area contributed by atoms with Gasteiger partial charge in [0.2, 0.25) is 0 Å². The van der Waals surface area contributed by atoms with Gasteiger partial charge in [0.15, 0.2) is 0 Å². The van der Waals surface area contributed by atoms with Crippen LogP contribution in [0.5, 0.6) is 0 Å². The summed E-state index contributed by atoms with van der Waals surface area (Å²) in [6.07, 6.45) is 0. The summed E-state index contributed by atoms with van der Waals surface area (Å²) in [6, 6.07) is 106. The molecule has 374 valence electrons. The van der Waals surface area contributed by atoms with Crippen LogP contribution in [0.25, 0.3) is 148 Å². The van der Waals surface area contributed by atoms with Crippen LogP contribution in [0.4, 0.5) is 0 Å². The minimum absolute atomic E-state index is 0.212. The molecule has 1 heterocycles. The number of benzene rings is 14. The zero-order valence-corrected chi connectivity index (χ0v) is 44.6. The van der Waals surface area contributed by atoms with E-state index in [0.717, 1.165) is 0 Å². The summed E-state index contributed by atoms with van der Waals surface area (Å²) < 4.78 is 2.50. The Morgan fingerprint density at radius 2 is 0.575 bits per heavy atom. The van der Waals surface area contributed by atoms with Crippen LogP contribution in [-0.2, 0) is 5.41 Å². The summed E-state index contributed by atoms with van der Waals surface area (Å²) in [5.41, 5.74) is 23.3. The summed E-state index contributed by atoms with van der Waals surface area (Å²) in [7, 11) is 0. The van der Waals surface area contributed by atoms with E-state index in [9.17, 15) is 0 Å². The van der Waals surface area contributed by atoms with Crippen molar-refractivity contribution in [3.05, 3.63) is 296 Å². The monoisotopic (exact) mass is 1020 g/mol. The number of hydrogen-bond donors (Lipinski definition) is 0.